The Morgan fingerprint density at radius 3 is 2.69 bits per heavy atom. The molecule has 0 amide bonds. The van der Waals surface area contributed by atoms with Crippen molar-refractivity contribution in [2.24, 2.45) is 5.92 Å². The fourth-order valence-electron chi connectivity index (χ4n) is 3.95. The molecule has 3 rings (SSSR count). The lowest BCUT2D eigenvalue weighted by atomic mass is 9.85. The molecule has 1 heterocycles. The lowest BCUT2D eigenvalue weighted by Gasteiger charge is -2.27. The van der Waals surface area contributed by atoms with E-state index in [2.05, 4.69) is 10.3 Å². The molecule has 1 aromatic heterocycles. The van der Waals surface area contributed by atoms with Crippen molar-refractivity contribution in [2.75, 3.05) is 6.61 Å². The van der Waals surface area contributed by atoms with Gasteiger partial charge in [0, 0.05) is 30.6 Å². The van der Waals surface area contributed by atoms with E-state index in [-0.39, 0.29) is 18.6 Å². The fourth-order valence-corrected chi connectivity index (χ4v) is 3.95. The van der Waals surface area contributed by atoms with Crippen LogP contribution < -0.4 is 10.1 Å². The van der Waals surface area contributed by atoms with E-state index >= 15 is 0 Å². The summed E-state index contributed by atoms with van der Waals surface area (Å²) in [7, 11) is 0. The summed E-state index contributed by atoms with van der Waals surface area (Å²) in [4.78, 5) is 15.5. The number of nitrogens with zero attached hydrogens (tertiary/aromatic N) is 1. The Balaban J connectivity index is 1.62. The number of hydrogen-bond acceptors (Lipinski definition) is 4. The number of nitrogens with one attached hydrogen (secondary N) is 1. The second-order valence-electron chi connectivity index (χ2n) is 8.06. The van der Waals surface area contributed by atoms with E-state index in [1.165, 1.54) is 0 Å². The molecule has 1 fully saturated rings. The van der Waals surface area contributed by atoms with Crippen LogP contribution in [-0.4, -0.2) is 40.8 Å². The van der Waals surface area contributed by atoms with Crippen LogP contribution in [-0.2, 0) is 11.3 Å². The van der Waals surface area contributed by atoms with Crippen LogP contribution in [0, 0.1) is 5.92 Å². The van der Waals surface area contributed by atoms with E-state index < -0.39 is 30.9 Å². The van der Waals surface area contributed by atoms with Gasteiger partial charge in [0.05, 0.1) is 12.5 Å². The summed E-state index contributed by atoms with van der Waals surface area (Å²) in [5.74, 6) is -5.56. The standard InChI is InChI=1S/C22H25F5N2O3/c23-21(24,22(25,26)27)9-3-11-32-18-8-7-15(17-6-2-10-28-19(17)18)13-29-16-5-1-4-14(12-16)20(30)31/h2,6-8,10,14,16,29H,1,3-5,9,11-13H2,(H,30,31). The van der Waals surface area contributed by atoms with Crippen molar-refractivity contribution in [3.8, 4) is 5.75 Å². The number of ether oxygens (including phenoxy) is 1. The molecule has 1 aliphatic rings. The second kappa shape index (κ2) is 9.97. The predicted molar refractivity (Wildman–Crippen MR) is 108 cm³/mol. The van der Waals surface area contributed by atoms with E-state index in [4.69, 9.17) is 4.74 Å². The first-order chi connectivity index (χ1) is 15.1. The molecular weight excluding hydrogens is 435 g/mol. The molecule has 5 nitrogen and oxygen atoms in total. The van der Waals surface area contributed by atoms with Crippen molar-refractivity contribution < 1.29 is 36.6 Å². The number of benzene rings is 1. The second-order valence-corrected chi connectivity index (χ2v) is 8.06. The van der Waals surface area contributed by atoms with Gasteiger partial charge in [0.1, 0.15) is 11.3 Å². The first-order valence-electron chi connectivity index (χ1n) is 10.5. The molecule has 2 N–H and O–H groups in total. The van der Waals surface area contributed by atoms with Crippen LogP contribution >= 0.6 is 0 Å². The Kier molecular flexibility index (Phi) is 7.53. The molecule has 176 valence electrons. The number of rotatable bonds is 9. The van der Waals surface area contributed by atoms with E-state index in [9.17, 15) is 31.9 Å². The van der Waals surface area contributed by atoms with Crippen LogP contribution in [0.3, 0.4) is 0 Å². The van der Waals surface area contributed by atoms with E-state index in [0.717, 1.165) is 23.8 Å². The Hall–Kier alpha value is -2.49. The van der Waals surface area contributed by atoms with Crippen LogP contribution in [0.1, 0.15) is 44.1 Å². The zero-order chi connectivity index (χ0) is 23.4. The maximum atomic E-state index is 13.0. The van der Waals surface area contributed by atoms with Crippen LogP contribution in [0.15, 0.2) is 30.5 Å². The highest BCUT2D eigenvalue weighted by molar-refractivity contribution is 5.87. The molecule has 2 atom stereocenters. The maximum absolute atomic E-state index is 13.0. The fraction of sp³-hybridized carbons (Fsp3) is 0.545. The molecule has 32 heavy (non-hydrogen) atoms. The molecule has 0 spiro atoms. The first-order valence-corrected chi connectivity index (χ1v) is 10.5. The number of pyridine rings is 1. The number of aromatic nitrogens is 1. The van der Waals surface area contributed by atoms with Gasteiger partial charge in [-0.2, -0.15) is 22.0 Å². The Morgan fingerprint density at radius 2 is 1.97 bits per heavy atom. The van der Waals surface area contributed by atoms with Gasteiger partial charge in [0.2, 0.25) is 0 Å². The number of carboxylic acid groups (broad SMARTS) is 1. The summed E-state index contributed by atoms with van der Waals surface area (Å²) < 4.78 is 68.3. The molecular formula is C22H25F5N2O3. The normalized spacial score (nSPS) is 19.8. The van der Waals surface area contributed by atoms with E-state index in [0.29, 0.717) is 30.7 Å². The third kappa shape index (κ3) is 5.85. The zero-order valence-electron chi connectivity index (χ0n) is 17.3. The average Bonchev–Trinajstić information content (AvgIpc) is 2.75. The third-order valence-electron chi connectivity index (χ3n) is 5.73. The minimum absolute atomic E-state index is 0.0859. The lowest BCUT2D eigenvalue weighted by molar-refractivity contribution is -0.284. The first kappa shape index (κ1) is 24.2. The molecule has 10 heteroatoms. The minimum Gasteiger partial charge on any atom is -0.491 e. The van der Waals surface area contributed by atoms with Crippen molar-refractivity contribution in [1.29, 1.82) is 0 Å². The Bertz CT molecular complexity index is 935. The predicted octanol–water partition coefficient (Wildman–Crippen LogP) is 5.32. The van der Waals surface area contributed by atoms with E-state index in [1.807, 2.05) is 6.07 Å². The number of aliphatic carboxylic acids is 1. The summed E-state index contributed by atoms with van der Waals surface area (Å²) >= 11 is 0. The van der Waals surface area contributed by atoms with Gasteiger partial charge in [0.15, 0.2) is 0 Å². The number of carbonyl (C=O) groups is 1. The number of fused-ring (bicyclic) bond motifs is 1. The number of halogens is 5. The lowest BCUT2D eigenvalue weighted by Crippen LogP contribution is -2.36. The van der Waals surface area contributed by atoms with Crippen molar-refractivity contribution in [3.63, 3.8) is 0 Å². The molecule has 1 aromatic carbocycles. The number of alkyl halides is 5. The molecule has 1 aliphatic carbocycles. The summed E-state index contributed by atoms with van der Waals surface area (Å²) in [6.45, 7) is 0.185. The molecule has 0 saturated heterocycles. The van der Waals surface area contributed by atoms with Gasteiger partial charge in [-0.1, -0.05) is 18.6 Å². The van der Waals surface area contributed by atoms with Crippen molar-refractivity contribution in [1.82, 2.24) is 10.3 Å². The largest absolute Gasteiger partial charge is 0.491 e. The van der Waals surface area contributed by atoms with Crippen molar-refractivity contribution in [2.45, 2.75) is 63.2 Å². The molecule has 0 radical (unpaired) electrons. The summed E-state index contributed by atoms with van der Waals surface area (Å²) in [5.41, 5.74) is 1.39. The van der Waals surface area contributed by atoms with Crippen LogP contribution in [0.5, 0.6) is 5.75 Å². The van der Waals surface area contributed by atoms with Gasteiger partial charge in [0.25, 0.3) is 0 Å². The highest BCUT2D eigenvalue weighted by Gasteiger charge is 2.56. The summed E-state index contributed by atoms with van der Waals surface area (Å²) in [6, 6.07) is 7.05. The van der Waals surface area contributed by atoms with Crippen LogP contribution in [0.2, 0.25) is 0 Å². The zero-order valence-corrected chi connectivity index (χ0v) is 17.3. The topological polar surface area (TPSA) is 71.5 Å². The van der Waals surface area contributed by atoms with Crippen molar-refractivity contribution >= 4 is 16.9 Å². The molecule has 0 bridgehead atoms. The van der Waals surface area contributed by atoms with Crippen LogP contribution in [0.4, 0.5) is 22.0 Å². The number of hydrogen-bond donors (Lipinski definition) is 2. The van der Waals surface area contributed by atoms with Crippen molar-refractivity contribution in [3.05, 3.63) is 36.0 Å². The van der Waals surface area contributed by atoms with Gasteiger partial charge in [-0.3, -0.25) is 9.78 Å². The molecule has 2 aromatic rings. The third-order valence-corrected chi connectivity index (χ3v) is 5.73. The Morgan fingerprint density at radius 1 is 1.19 bits per heavy atom. The van der Waals surface area contributed by atoms with E-state index in [1.54, 1.807) is 24.4 Å². The SMILES string of the molecule is O=C(O)C1CCCC(NCc2ccc(OCCCC(F)(F)C(F)(F)F)c3ncccc23)C1. The maximum Gasteiger partial charge on any atom is 0.453 e. The van der Waals surface area contributed by atoms with Gasteiger partial charge in [-0.05, 0) is 43.4 Å². The van der Waals surface area contributed by atoms with Crippen LogP contribution in [0.25, 0.3) is 10.9 Å². The highest BCUT2D eigenvalue weighted by atomic mass is 19.4. The molecule has 0 aliphatic heterocycles. The summed E-state index contributed by atoms with van der Waals surface area (Å²) in [5, 5.41) is 13.4. The molecule has 1 saturated carbocycles. The summed E-state index contributed by atoms with van der Waals surface area (Å²) in [6.07, 6.45) is -2.85. The average molecular weight is 460 g/mol. The smallest absolute Gasteiger partial charge is 0.453 e. The van der Waals surface area contributed by atoms with Gasteiger partial charge in [-0.15, -0.1) is 0 Å². The van der Waals surface area contributed by atoms with Gasteiger partial charge >= 0.3 is 18.1 Å². The highest BCUT2D eigenvalue weighted by Crippen LogP contribution is 2.39. The van der Waals surface area contributed by atoms with Gasteiger partial charge in [-0.25, -0.2) is 0 Å². The Labute approximate surface area is 182 Å². The monoisotopic (exact) mass is 460 g/mol. The number of carboxylic acids is 1. The molecule has 2 unspecified atom stereocenters. The minimum atomic E-state index is -5.57. The quantitative estimate of drug-likeness (QED) is 0.391. The van der Waals surface area contributed by atoms with Gasteiger partial charge < -0.3 is 15.2 Å².